The maximum Gasteiger partial charge on any atom is 0.256 e. The highest BCUT2D eigenvalue weighted by Crippen LogP contribution is 2.17. The summed E-state index contributed by atoms with van der Waals surface area (Å²) in [6.07, 6.45) is 1.82. The first-order valence-electron chi connectivity index (χ1n) is 8.91. The molecule has 4 rings (SSSR count). The zero-order valence-electron chi connectivity index (χ0n) is 14.8. The monoisotopic (exact) mass is 360 g/mol. The molecule has 0 unspecified atom stereocenters. The average Bonchev–Trinajstić information content (AvgIpc) is 2.76. The Hall–Kier alpha value is -3.48. The minimum atomic E-state index is -0.193. The van der Waals surface area contributed by atoms with E-state index in [-0.39, 0.29) is 5.91 Å². The van der Waals surface area contributed by atoms with Gasteiger partial charge in [0.1, 0.15) is 5.82 Å². The molecule has 1 N–H and O–H groups in total. The van der Waals surface area contributed by atoms with Crippen LogP contribution in [0.4, 0.5) is 17.5 Å². The van der Waals surface area contributed by atoms with Crippen LogP contribution in [0.1, 0.15) is 10.4 Å². The number of rotatable bonds is 4. The van der Waals surface area contributed by atoms with Crippen molar-refractivity contribution in [3.63, 3.8) is 0 Å². The van der Waals surface area contributed by atoms with Gasteiger partial charge < -0.3 is 15.1 Å². The van der Waals surface area contributed by atoms with Crippen molar-refractivity contribution >= 4 is 23.4 Å². The fourth-order valence-electron chi connectivity index (χ4n) is 3.04. The molecule has 0 aliphatic carbocycles. The lowest BCUT2D eigenvalue weighted by molar-refractivity contribution is 0.102. The zero-order valence-corrected chi connectivity index (χ0v) is 14.8. The van der Waals surface area contributed by atoms with Crippen LogP contribution in [0.15, 0.2) is 66.9 Å². The molecule has 0 atom stereocenters. The predicted molar refractivity (Wildman–Crippen MR) is 105 cm³/mol. The van der Waals surface area contributed by atoms with Gasteiger partial charge in [-0.25, -0.2) is 4.98 Å². The normalized spacial score (nSPS) is 14.1. The second-order valence-electron chi connectivity index (χ2n) is 6.26. The minimum absolute atomic E-state index is 0.193. The topological polar surface area (TPSA) is 74.2 Å². The van der Waals surface area contributed by atoms with Gasteiger partial charge in [0.05, 0.1) is 0 Å². The Kier molecular flexibility index (Phi) is 4.91. The number of hydrogen-bond acceptors (Lipinski definition) is 6. The minimum Gasteiger partial charge on any atom is -0.353 e. The van der Waals surface area contributed by atoms with Crippen molar-refractivity contribution < 1.29 is 4.79 Å². The Bertz CT molecular complexity index is 877. The van der Waals surface area contributed by atoms with Crippen molar-refractivity contribution in [2.75, 3.05) is 41.3 Å². The van der Waals surface area contributed by atoms with Crippen LogP contribution in [0.25, 0.3) is 0 Å². The first kappa shape index (κ1) is 17.0. The highest BCUT2D eigenvalue weighted by atomic mass is 16.1. The lowest BCUT2D eigenvalue weighted by Gasteiger charge is -2.35. The molecule has 3 aromatic rings. The fraction of sp³-hybridized carbons (Fsp3) is 0.200. The van der Waals surface area contributed by atoms with Gasteiger partial charge in [-0.2, -0.15) is 0 Å². The van der Waals surface area contributed by atoms with Crippen LogP contribution in [-0.2, 0) is 0 Å². The van der Waals surface area contributed by atoms with Gasteiger partial charge >= 0.3 is 0 Å². The van der Waals surface area contributed by atoms with E-state index in [1.54, 1.807) is 18.2 Å². The van der Waals surface area contributed by atoms with Gasteiger partial charge in [0.15, 0.2) is 11.6 Å². The van der Waals surface area contributed by atoms with Crippen LogP contribution in [0.5, 0.6) is 0 Å². The van der Waals surface area contributed by atoms with E-state index in [4.69, 9.17) is 0 Å². The molecule has 1 aliphatic heterocycles. The molecular weight excluding hydrogens is 340 g/mol. The third-order valence-electron chi connectivity index (χ3n) is 4.50. The number of carbonyl (C=O) groups is 1. The van der Waals surface area contributed by atoms with Crippen LogP contribution in [0.2, 0.25) is 0 Å². The van der Waals surface area contributed by atoms with Crippen molar-refractivity contribution in [2.45, 2.75) is 0 Å². The summed E-state index contributed by atoms with van der Waals surface area (Å²) in [7, 11) is 0. The first-order valence-corrected chi connectivity index (χ1v) is 8.91. The second kappa shape index (κ2) is 7.82. The number of hydrogen-bond donors (Lipinski definition) is 1. The maximum atomic E-state index is 12.2. The molecule has 1 fully saturated rings. The lowest BCUT2D eigenvalue weighted by Crippen LogP contribution is -2.47. The molecule has 3 heterocycles. The molecule has 2 aromatic heterocycles. The van der Waals surface area contributed by atoms with Gasteiger partial charge in [0.2, 0.25) is 0 Å². The Morgan fingerprint density at radius 1 is 0.778 bits per heavy atom. The summed E-state index contributed by atoms with van der Waals surface area (Å²) in [6, 6.07) is 18.7. The molecule has 1 aromatic carbocycles. The van der Waals surface area contributed by atoms with Gasteiger partial charge in [-0.15, -0.1) is 10.2 Å². The van der Waals surface area contributed by atoms with E-state index in [0.29, 0.717) is 11.4 Å². The van der Waals surface area contributed by atoms with Gasteiger partial charge in [0, 0.05) is 37.9 Å². The maximum absolute atomic E-state index is 12.2. The van der Waals surface area contributed by atoms with Crippen LogP contribution in [0, 0.1) is 0 Å². The molecule has 7 heteroatoms. The smallest absolute Gasteiger partial charge is 0.256 e. The first-order chi connectivity index (χ1) is 13.3. The quantitative estimate of drug-likeness (QED) is 0.770. The summed E-state index contributed by atoms with van der Waals surface area (Å²) in [5.41, 5.74) is 0.592. The van der Waals surface area contributed by atoms with E-state index in [2.05, 4.69) is 30.3 Å². The SMILES string of the molecule is O=C(Nc1ccc(N2CCN(c3ccccn3)CC2)nn1)c1ccccc1. The number of nitrogens with one attached hydrogen (secondary N) is 1. The number of pyridine rings is 1. The molecular formula is C20H20N6O. The Labute approximate surface area is 157 Å². The molecule has 0 radical (unpaired) electrons. The van der Waals surface area contributed by atoms with E-state index in [9.17, 15) is 4.79 Å². The fourth-order valence-corrected chi connectivity index (χ4v) is 3.04. The Morgan fingerprint density at radius 3 is 2.11 bits per heavy atom. The van der Waals surface area contributed by atoms with E-state index >= 15 is 0 Å². The van der Waals surface area contributed by atoms with Crippen LogP contribution >= 0.6 is 0 Å². The molecule has 1 saturated heterocycles. The standard InChI is InChI=1S/C20H20N6O/c27-20(16-6-2-1-3-7-16)22-17-9-10-19(24-23-17)26-14-12-25(13-15-26)18-8-4-5-11-21-18/h1-11H,12-15H2,(H,22,23,27). The Morgan fingerprint density at radius 2 is 1.48 bits per heavy atom. The summed E-state index contributed by atoms with van der Waals surface area (Å²) < 4.78 is 0. The molecule has 0 saturated carbocycles. The number of aromatic nitrogens is 3. The van der Waals surface area contributed by atoms with Gasteiger partial charge in [-0.05, 0) is 36.4 Å². The van der Waals surface area contributed by atoms with E-state index < -0.39 is 0 Å². The molecule has 136 valence electrons. The van der Waals surface area contributed by atoms with Gasteiger partial charge in [0.25, 0.3) is 5.91 Å². The molecule has 27 heavy (non-hydrogen) atoms. The number of carbonyl (C=O) groups excluding carboxylic acids is 1. The second-order valence-corrected chi connectivity index (χ2v) is 6.26. The third kappa shape index (κ3) is 4.03. The van der Waals surface area contributed by atoms with Crippen LogP contribution < -0.4 is 15.1 Å². The summed E-state index contributed by atoms with van der Waals surface area (Å²) >= 11 is 0. The number of amides is 1. The summed E-state index contributed by atoms with van der Waals surface area (Å²) in [5.74, 6) is 2.07. The molecule has 1 aliphatic rings. The zero-order chi connectivity index (χ0) is 18.5. The van der Waals surface area contributed by atoms with E-state index in [1.807, 2.05) is 48.7 Å². The van der Waals surface area contributed by atoms with Crippen molar-refractivity contribution in [1.82, 2.24) is 15.2 Å². The summed E-state index contributed by atoms with van der Waals surface area (Å²) in [4.78, 5) is 21.0. The number of nitrogens with zero attached hydrogens (tertiary/aromatic N) is 5. The molecule has 0 bridgehead atoms. The van der Waals surface area contributed by atoms with Gasteiger partial charge in [-0.3, -0.25) is 4.79 Å². The average molecular weight is 360 g/mol. The highest BCUT2D eigenvalue weighted by Gasteiger charge is 2.19. The molecule has 0 spiro atoms. The number of anilines is 3. The van der Waals surface area contributed by atoms with Crippen molar-refractivity contribution in [3.05, 3.63) is 72.4 Å². The van der Waals surface area contributed by atoms with E-state index in [0.717, 1.165) is 37.8 Å². The van der Waals surface area contributed by atoms with Crippen molar-refractivity contribution in [3.8, 4) is 0 Å². The van der Waals surface area contributed by atoms with Gasteiger partial charge in [-0.1, -0.05) is 24.3 Å². The number of benzene rings is 1. The summed E-state index contributed by atoms with van der Waals surface area (Å²) in [6.45, 7) is 3.46. The van der Waals surface area contributed by atoms with Crippen LogP contribution in [0.3, 0.4) is 0 Å². The van der Waals surface area contributed by atoms with Crippen LogP contribution in [-0.4, -0.2) is 47.3 Å². The van der Waals surface area contributed by atoms with Crippen molar-refractivity contribution in [1.29, 1.82) is 0 Å². The van der Waals surface area contributed by atoms with Crippen molar-refractivity contribution in [2.24, 2.45) is 0 Å². The largest absolute Gasteiger partial charge is 0.353 e. The molecule has 7 nitrogen and oxygen atoms in total. The Balaban J connectivity index is 1.35. The summed E-state index contributed by atoms with van der Waals surface area (Å²) in [5, 5.41) is 11.2. The highest BCUT2D eigenvalue weighted by molar-refractivity contribution is 6.03. The molecule has 1 amide bonds. The third-order valence-corrected chi connectivity index (χ3v) is 4.50. The van der Waals surface area contributed by atoms with E-state index in [1.165, 1.54) is 0 Å². The number of piperazine rings is 1. The predicted octanol–water partition coefficient (Wildman–Crippen LogP) is 2.45. The lowest BCUT2D eigenvalue weighted by atomic mass is 10.2.